The number of nitrogens with zero attached hydrogens (tertiary/aromatic N) is 1. The first kappa shape index (κ1) is 23.6. The summed E-state index contributed by atoms with van der Waals surface area (Å²) < 4.78 is 71.2. The van der Waals surface area contributed by atoms with Gasteiger partial charge in [0.1, 0.15) is 5.75 Å². The second-order valence-corrected chi connectivity index (χ2v) is 10.1. The molecule has 1 aliphatic carbocycles. The van der Waals surface area contributed by atoms with Crippen molar-refractivity contribution in [2.24, 2.45) is 5.92 Å². The zero-order valence-corrected chi connectivity index (χ0v) is 18.7. The Bertz CT molecular complexity index is 1100. The molecule has 0 aromatic heterocycles. The molecule has 0 amide bonds. The molecule has 1 fully saturated rings. The average Bonchev–Trinajstić information content (AvgIpc) is 3.63. The third-order valence-corrected chi connectivity index (χ3v) is 7.39. The van der Waals surface area contributed by atoms with Crippen molar-refractivity contribution in [3.63, 3.8) is 0 Å². The lowest BCUT2D eigenvalue weighted by Gasteiger charge is -2.26. The van der Waals surface area contributed by atoms with Gasteiger partial charge in [0.2, 0.25) is 10.0 Å². The topological polar surface area (TPSA) is 67.9 Å². The van der Waals surface area contributed by atoms with Gasteiger partial charge in [-0.3, -0.25) is 10.3 Å². The summed E-state index contributed by atoms with van der Waals surface area (Å²) in [5.74, 6) is 1.27. The van der Waals surface area contributed by atoms with Gasteiger partial charge in [0.25, 0.3) is 0 Å². The molecule has 2 aromatic carbocycles. The van der Waals surface area contributed by atoms with E-state index >= 15 is 0 Å². The van der Waals surface area contributed by atoms with Gasteiger partial charge in [0, 0.05) is 25.2 Å². The Morgan fingerprint density at radius 3 is 2.48 bits per heavy atom. The quantitative estimate of drug-likeness (QED) is 0.534. The number of halogens is 3. The molecule has 0 bridgehead atoms. The fraction of sp³-hybridized carbons (Fsp3) is 0.391. The average molecular weight is 483 g/mol. The zero-order valence-electron chi connectivity index (χ0n) is 17.8. The van der Waals surface area contributed by atoms with Gasteiger partial charge >= 0.3 is 6.18 Å². The highest BCUT2D eigenvalue weighted by molar-refractivity contribution is 7.89. The molecule has 0 atom stereocenters. The molecule has 10 heteroatoms. The van der Waals surface area contributed by atoms with Gasteiger partial charge in [0.05, 0.1) is 23.7 Å². The first-order chi connectivity index (χ1) is 15.7. The highest BCUT2D eigenvalue weighted by Gasteiger charge is 2.30. The van der Waals surface area contributed by atoms with E-state index in [0.29, 0.717) is 36.0 Å². The number of ether oxygens (including phenoxy) is 1. The Labute approximate surface area is 191 Å². The lowest BCUT2D eigenvalue weighted by atomic mass is 10.1. The molecule has 178 valence electrons. The first-order valence-corrected chi connectivity index (χ1v) is 12.1. The van der Waals surface area contributed by atoms with Crippen LogP contribution in [0.15, 0.2) is 65.2 Å². The number of sulfonamides is 1. The molecular formula is C23H25F3N2O4S. The smallest absolute Gasteiger partial charge is 0.416 e. The highest BCUT2D eigenvalue weighted by atomic mass is 32.2. The van der Waals surface area contributed by atoms with Crippen LogP contribution in [0.1, 0.15) is 30.4 Å². The lowest BCUT2D eigenvalue weighted by molar-refractivity contribution is -0.137. The summed E-state index contributed by atoms with van der Waals surface area (Å²) in [5, 5.41) is 0. The molecule has 1 aliphatic heterocycles. The predicted octanol–water partition coefficient (Wildman–Crippen LogP) is 4.49. The SMILES string of the molecule is O=S(=O)(c1ccc(OCC2CC2)cc1)N1CC=C(NOCc2cccc(C(F)(F)F)c2)CC1. The van der Waals surface area contributed by atoms with Crippen LogP contribution in [0.5, 0.6) is 5.75 Å². The number of rotatable bonds is 9. The molecule has 1 N–H and O–H groups in total. The van der Waals surface area contributed by atoms with E-state index in [1.165, 1.54) is 23.2 Å². The second kappa shape index (κ2) is 9.74. The van der Waals surface area contributed by atoms with Crippen LogP contribution >= 0.6 is 0 Å². The van der Waals surface area contributed by atoms with Crippen LogP contribution < -0.4 is 10.2 Å². The summed E-state index contributed by atoms with van der Waals surface area (Å²) in [6.07, 6.45) is 0.0447. The molecule has 2 aromatic rings. The molecule has 0 radical (unpaired) electrons. The van der Waals surface area contributed by atoms with Crippen molar-refractivity contribution in [2.75, 3.05) is 19.7 Å². The van der Waals surface area contributed by atoms with Gasteiger partial charge in [0.15, 0.2) is 0 Å². The van der Waals surface area contributed by atoms with E-state index in [-0.39, 0.29) is 24.6 Å². The summed E-state index contributed by atoms with van der Waals surface area (Å²) in [5.41, 5.74) is 3.04. The van der Waals surface area contributed by atoms with Crippen LogP contribution in [-0.4, -0.2) is 32.4 Å². The Balaban J connectivity index is 1.28. The molecule has 1 heterocycles. The van der Waals surface area contributed by atoms with E-state index < -0.39 is 21.8 Å². The maximum atomic E-state index is 12.9. The fourth-order valence-electron chi connectivity index (χ4n) is 3.37. The fourth-order valence-corrected chi connectivity index (χ4v) is 4.75. The van der Waals surface area contributed by atoms with Crippen molar-refractivity contribution in [1.82, 2.24) is 9.79 Å². The van der Waals surface area contributed by atoms with Crippen molar-refractivity contribution in [1.29, 1.82) is 0 Å². The van der Waals surface area contributed by atoms with E-state index in [0.717, 1.165) is 12.1 Å². The van der Waals surface area contributed by atoms with Crippen LogP contribution in [0.2, 0.25) is 0 Å². The van der Waals surface area contributed by atoms with Gasteiger partial charge in [-0.15, -0.1) is 0 Å². The van der Waals surface area contributed by atoms with Crippen molar-refractivity contribution < 1.29 is 31.2 Å². The van der Waals surface area contributed by atoms with Gasteiger partial charge in [-0.25, -0.2) is 8.42 Å². The van der Waals surface area contributed by atoms with Crippen LogP contribution in [0.3, 0.4) is 0 Å². The molecule has 2 aliphatic rings. The third kappa shape index (κ3) is 6.27. The molecule has 0 saturated heterocycles. The Hall–Kier alpha value is -2.56. The Kier molecular flexibility index (Phi) is 6.96. The zero-order chi connectivity index (χ0) is 23.5. The van der Waals surface area contributed by atoms with E-state index in [4.69, 9.17) is 9.57 Å². The molecule has 0 unspecified atom stereocenters. The van der Waals surface area contributed by atoms with Gasteiger partial charge in [-0.05, 0) is 66.8 Å². The minimum absolute atomic E-state index is 0.0571. The minimum Gasteiger partial charge on any atom is -0.493 e. The van der Waals surface area contributed by atoms with E-state index in [1.807, 2.05) is 0 Å². The summed E-state index contributed by atoms with van der Waals surface area (Å²) in [7, 11) is -3.65. The summed E-state index contributed by atoms with van der Waals surface area (Å²) in [6.45, 7) is 1.03. The van der Waals surface area contributed by atoms with Gasteiger partial charge < -0.3 is 4.74 Å². The van der Waals surface area contributed by atoms with Crippen LogP contribution in [-0.2, 0) is 27.6 Å². The van der Waals surface area contributed by atoms with Crippen molar-refractivity contribution in [2.45, 2.75) is 36.9 Å². The summed E-state index contributed by atoms with van der Waals surface area (Å²) in [4.78, 5) is 5.52. The van der Waals surface area contributed by atoms with Crippen LogP contribution in [0, 0.1) is 5.92 Å². The number of benzene rings is 2. The first-order valence-electron chi connectivity index (χ1n) is 10.7. The van der Waals surface area contributed by atoms with Crippen molar-refractivity contribution in [3.8, 4) is 5.75 Å². The molecule has 33 heavy (non-hydrogen) atoms. The lowest BCUT2D eigenvalue weighted by Crippen LogP contribution is -2.36. The summed E-state index contributed by atoms with van der Waals surface area (Å²) in [6, 6.07) is 11.4. The second-order valence-electron chi connectivity index (χ2n) is 8.16. The predicted molar refractivity (Wildman–Crippen MR) is 115 cm³/mol. The Morgan fingerprint density at radius 1 is 1.09 bits per heavy atom. The summed E-state index contributed by atoms with van der Waals surface area (Å²) >= 11 is 0. The monoisotopic (exact) mass is 482 g/mol. The largest absolute Gasteiger partial charge is 0.493 e. The van der Waals surface area contributed by atoms with Crippen LogP contribution in [0.25, 0.3) is 0 Å². The highest BCUT2D eigenvalue weighted by Crippen LogP contribution is 2.31. The van der Waals surface area contributed by atoms with E-state index in [1.54, 1.807) is 36.4 Å². The standard InChI is InChI=1S/C23H25F3N2O4S/c24-23(25,26)19-3-1-2-18(14-19)16-32-27-20-10-12-28(13-11-20)33(29,30)22-8-6-21(7-9-22)31-15-17-4-5-17/h1-3,6-10,14,17,27H,4-5,11-13,15-16H2. The number of hydrogen-bond donors (Lipinski definition) is 1. The number of nitrogens with one attached hydrogen (secondary N) is 1. The van der Waals surface area contributed by atoms with Gasteiger partial charge in [-0.2, -0.15) is 17.5 Å². The number of alkyl halides is 3. The van der Waals surface area contributed by atoms with Gasteiger partial charge in [-0.1, -0.05) is 12.1 Å². The maximum absolute atomic E-state index is 12.9. The number of hydroxylamine groups is 1. The Morgan fingerprint density at radius 2 is 1.85 bits per heavy atom. The minimum atomic E-state index is -4.41. The maximum Gasteiger partial charge on any atom is 0.416 e. The van der Waals surface area contributed by atoms with Crippen LogP contribution in [0.4, 0.5) is 13.2 Å². The molecular weight excluding hydrogens is 457 g/mol. The number of hydrogen-bond acceptors (Lipinski definition) is 5. The van der Waals surface area contributed by atoms with Crippen molar-refractivity contribution >= 4 is 10.0 Å². The molecule has 6 nitrogen and oxygen atoms in total. The third-order valence-electron chi connectivity index (χ3n) is 5.51. The normalized spacial score (nSPS) is 17.5. The van der Waals surface area contributed by atoms with Crippen molar-refractivity contribution in [3.05, 3.63) is 71.4 Å². The molecule has 4 rings (SSSR count). The molecule has 1 saturated carbocycles. The van der Waals surface area contributed by atoms with E-state index in [9.17, 15) is 21.6 Å². The molecule has 0 spiro atoms. The van der Waals surface area contributed by atoms with E-state index in [2.05, 4.69) is 5.48 Å².